The van der Waals surface area contributed by atoms with Gasteiger partial charge in [-0.25, -0.2) is 4.98 Å². The van der Waals surface area contributed by atoms with E-state index in [1.807, 2.05) is 55.1 Å². The molecule has 33 heavy (non-hydrogen) atoms. The number of nitrogens with one attached hydrogen (secondary N) is 1. The van der Waals surface area contributed by atoms with Gasteiger partial charge in [0, 0.05) is 38.3 Å². The van der Waals surface area contributed by atoms with Crippen LogP contribution in [-0.4, -0.2) is 59.3 Å². The summed E-state index contributed by atoms with van der Waals surface area (Å²) in [5.74, 6) is 0.223. The third-order valence-electron chi connectivity index (χ3n) is 6.21. The number of aromatic nitrogens is 1. The number of carbonyl (C=O) groups is 2. The fourth-order valence-electron chi connectivity index (χ4n) is 4.29. The van der Waals surface area contributed by atoms with Crippen LogP contribution >= 0.6 is 11.3 Å². The van der Waals surface area contributed by atoms with Crippen LogP contribution in [0, 0.1) is 13.8 Å². The minimum Gasteiger partial charge on any atom is -0.340 e. The maximum absolute atomic E-state index is 12.6. The fraction of sp³-hybridized carbons (Fsp3) is 0.423. The number of aryl methyl sites for hydroxylation is 3. The third-order valence-corrected chi connectivity index (χ3v) is 7.30. The summed E-state index contributed by atoms with van der Waals surface area (Å²) in [7, 11) is 0. The van der Waals surface area contributed by atoms with Crippen LogP contribution in [0.2, 0.25) is 0 Å². The molecule has 6 nitrogen and oxygen atoms in total. The van der Waals surface area contributed by atoms with Crippen molar-refractivity contribution in [2.45, 2.75) is 39.5 Å². The number of para-hydroxylation sites is 2. The topological polar surface area (TPSA) is 65.5 Å². The SMILES string of the molecule is Cc1cccc(C)c1NC(=O)CN1CCN(C(=O)CCCCc2nc3ccccc3s2)CC1. The highest BCUT2D eigenvalue weighted by Crippen LogP contribution is 2.23. The zero-order chi connectivity index (χ0) is 23.2. The summed E-state index contributed by atoms with van der Waals surface area (Å²) in [5, 5.41) is 4.20. The van der Waals surface area contributed by atoms with Crippen LogP contribution in [0.15, 0.2) is 42.5 Å². The number of hydrogen-bond acceptors (Lipinski definition) is 5. The van der Waals surface area contributed by atoms with Gasteiger partial charge < -0.3 is 10.2 Å². The summed E-state index contributed by atoms with van der Waals surface area (Å²) in [6.45, 7) is 7.21. The molecule has 0 radical (unpaired) electrons. The minimum absolute atomic E-state index is 0.00187. The Balaban J connectivity index is 1.15. The Morgan fingerprint density at radius 3 is 2.42 bits per heavy atom. The highest BCUT2D eigenvalue weighted by atomic mass is 32.1. The van der Waals surface area contributed by atoms with Gasteiger partial charge >= 0.3 is 0 Å². The lowest BCUT2D eigenvalue weighted by Crippen LogP contribution is -2.50. The first kappa shape index (κ1) is 23.4. The number of benzene rings is 2. The Bertz CT molecular complexity index is 1070. The minimum atomic E-state index is 0.00187. The number of piperazine rings is 1. The third kappa shape index (κ3) is 6.18. The van der Waals surface area contributed by atoms with Gasteiger partial charge in [-0.05, 0) is 56.4 Å². The molecule has 1 aliphatic heterocycles. The van der Waals surface area contributed by atoms with E-state index in [1.165, 1.54) is 4.70 Å². The van der Waals surface area contributed by atoms with Gasteiger partial charge in [-0.2, -0.15) is 0 Å². The average Bonchev–Trinajstić information content (AvgIpc) is 3.22. The molecule has 174 valence electrons. The lowest BCUT2D eigenvalue weighted by molar-refractivity contribution is -0.133. The van der Waals surface area contributed by atoms with Crippen LogP contribution in [-0.2, 0) is 16.0 Å². The number of unbranched alkanes of at least 4 members (excludes halogenated alkanes) is 1. The van der Waals surface area contributed by atoms with Crippen molar-refractivity contribution < 1.29 is 9.59 Å². The highest BCUT2D eigenvalue weighted by Gasteiger charge is 2.22. The molecule has 0 unspecified atom stereocenters. The van der Waals surface area contributed by atoms with E-state index in [0.717, 1.165) is 59.7 Å². The second-order valence-corrected chi connectivity index (χ2v) is 9.87. The van der Waals surface area contributed by atoms with Gasteiger partial charge in [-0.15, -0.1) is 11.3 Å². The van der Waals surface area contributed by atoms with Crippen molar-refractivity contribution in [3.8, 4) is 0 Å². The van der Waals surface area contributed by atoms with Crippen LogP contribution in [0.25, 0.3) is 10.2 Å². The molecule has 4 rings (SSSR count). The van der Waals surface area contributed by atoms with Crippen molar-refractivity contribution in [1.29, 1.82) is 0 Å². The zero-order valence-corrected chi connectivity index (χ0v) is 20.3. The molecule has 0 atom stereocenters. The first-order valence-electron chi connectivity index (χ1n) is 11.7. The predicted octanol–water partition coefficient (Wildman–Crippen LogP) is 4.41. The molecule has 2 amide bonds. The molecule has 0 saturated carbocycles. The van der Waals surface area contributed by atoms with E-state index in [0.29, 0.717) is 26.1 Å². The number of thiazole rings is 1. The Morgan fingerprint density at radius 2 is 1.70 bits per heavy atom. The number of nitrogens with zero attached hydrogens (tertiary/aromatic N) is 3. The Hall–Kier alpha value is -2.77. The lowest BCUT2D eigenvalue weighted by atomic mass is 10.1. The van der Waals surface area contributed by atoms with E-state index in [-0.39, 0.29) is 11.8 Å². The standard InChI is InChI=1S/C26H32N4O2S/c1-19-8-7-9-20(2)26(19)28-23(31)18-29-14-16-30(17-15-29)25(32)13-6-5-12-24-27-21-10-3-4-11-22(21)33-24/h3-4,7-11H,5-6,12-18H2,1-2H3,(H,28,31). The molecule has 1 aromatic heterocycles. The summed E-state index contributed by atoms with van der Waals surface area (Å²) in [6.07, 6.45) is 3.37. The van der Waals surface area contributed by atoms with E-state index >= 15 is 0 Å². The molecule has 1 saturated heterocycles. The molecule has 1 aliphatic rings. The molecule has 2 heterocycles. The van der Waals surface area contributed by atoms with Gasteiger partial charge in [-0.3, -0.25) is 14.5 Å². The summed E-state index contributed by atoms with van der Waals surface area (Å²) < 4.78 is 1.23. The molecular weight excluding hydrogens is 432 g/mol. The first-order valence-corrected chi connectivity index (χ1v) is 12.5. The second-order valence-electron chi connectivity index (χ2n) is 8.75. The highest BCUT2D eigenvalue weighted by molar-refractivity contribution is 7.18. The van der Waals surface area contributed by atoms with Crippen LogP contribution in [0.5, 0.6) is 0 Å². The fourth-order valence-corrected chi connectivity index (χ4v) is 5.30. The lowest BCUT2D eigenvalue weighted by Gasteiger charge is -2.34. The van der Waals surface area contributed by atoms with Crippen LogP contribution < -0.4 is 5.32 Å². The Kier molecular flexibility index (Phi) is 7.73. The summed E-state index contributed by atoms with van der Waals surface area (Å²) in [4.78, 5) is 33.9. The smallest absolute Gasteiger partial charge is 0.238 e. The van der Waals surface area contributed by atoms with Crippen LogP contribution in [0.4, 0.5) is 5.69 Å². The van der Waals surface area contributed by atoms with E-state index in [1.54, 1.807) is 11.3 Å². The quantitative estimate of drug-likeness (QED) is 0.502. The number of hydrogen-bond donors (Lipinski definition) is 1. The molecule has 2 aromatic carbocycles. The predicted molar refractivity (Wildman–Crippen MR) is 135 cm³/mol. The number of anilines is 1. The molecule has 3 aromatic rings. The summed E-state index contributed by atoms with van der Waals surface area (Å²) >= 11 is 1.75. The zero-order valence-electron chi connectivity index (χ0n) is 19.5. The normalized spacial score (nSPS) is 14.5. The Labute approximate surface area is 199 Å². The molecule has 1 N–H and O–H groups in total. The van der Waals surface area contributed by atoms with Crippen LogP contribution in [0.1, 0.15) is 35.4 Å². The monoisotopic (exact) mass is 464 g/mol. The van der Waals surface area contributed by atoms with Crippen molar-refractivity contribution in [2.24, 2.45) is 0 Å². The molecule has 7 heteroatoms. The van der Waals surface area contributed by atoms with Crippen LogP contribution in [0.3, 0.4) is 0 Å². The van der Waals surface area contributed by atoms with E-state index in [2.05, 4.69) is 21.3 Å². The average molecular weight is 465 g/mol. The molecule has 0 bridgehead atoms. The van der Waals surface area contributed by atoms with Crippen molar-refractivity contribution >= 4 is 39.1 Å². The van der Waals surface area contributed by atoms with Crippen molar-refractivity contribution in [3.63, 3.8) is 0 Å². The van der Waals surface area contributed by atoms with Crippen molar-refractivity contribution in [3.05, 3.63) is 58.6 Å². The summed E-state index contributed by atoms with van der Waals surface area (Å²) in [6, 6.07) is 14.2. The van der Waals surface area contributed by atoms with Crippen molar-refractivity contribution in [2.75, 3.05) is 38.0 Å². The first-order chi connectivity index (χ1) is 16.0. The molecule has 1 fully saturated rings. The van der Waals surface area contributed by atoms with E-state index in [9.17, 15) is 9.59 Å². The second kappa shape index (κ2) is 10.9. The van der Waals surface area contributed by atoms with Gasteiger partial charge in [0.1, 0.15) is 0 Å². The molecule has 0 spiro atoms. The van der Waals surface area contributed by atoms with Crippen molar-refractivity contribution in [1.82, 2.24) is 14.8 Å². The molecular formula is C26H32N4O2S. The maximum atomic E-state index is 12.6. The largest absolute Gasteiger partial charge is 0.340 e. The number of rotatable bonds is 8. The number of amides is 2. The van der Waals surface area contributed by atoms with Gasteiger partial charge in [0.25, 0.3) is 0 Å². The summed E-state index contributed by atoms with van der Waals surface area (Å²) in [5.41, 5.74) is 4.11. The Morgan fingerprint density at radius 1 is 0.970 bits per heavy atom. The number of fused-ring (bicyclic) bond motifs is 1. The van der Waals surface area contributed by atoms with Gasteiger partial charge in [0.05, 0.1) is 21.8 Å². The van der Waals surface area contributed by atoms with Gasteiger partial charge in [-0.1, -0.05) is 30.3 Å². The maximum Gasteiger partial charge on any atom is 0.238 e. The van der Waals surface area contributed by atoms with E-state index < -0.39 is 0 Å². The van der Waals surface area contributed by atoms with E-state index in [4.69, 9.17) is 0 Å². The van der Waals surface area contributed by atoms with Gasteiger partial charge in [0.2, 0.25) is 11.8 Å². The van der Waals surface area contributed by atoms with Gasteiger partial charge in [0.15, 0.2) is 0 Å². The number of carbonyl (C=O) groups excluding carboxylic acids is 2. The molecule has 0 aliphatic carbocycles.